The van der Waals surface area contributed by atoms with Crippen molar-refractivity contribution in [3.05, 3.63) is 11.5 Å². The first kappa shape index (κ1) is 8.05. The van der Waals surface area contributed by atoms with E-state index in [4.69, 9.17) is 7.85 Å². The van der Waals surface area contributed by atoms with Crippen molar-refractivity contribution in [1.29, 1.82) is 0 Å². The third-order valence-electron chi connectivity index (χ3n) is 1.64. The standard InChI is InChI=1S/C7H9BN2O/c1-4-6(8)10(3)7(9-4)5(2)11/h1-3H3. The van der Waals surface area contributed by atoms with E-state index in [1.54, 1.807) is 18.5 Å². The van der Waals surface area contributed by atoms with E-state index in [0.29, 0.717) is 17.1 Å². The monoisotopic (exact) mass is 148 g/mol. The molecule has 56 valence electrons. The molecule has 0 aromatic carbocycles. The molecule has 0 amide bonds. The van der Waals surface area contributed by atoms with Crippen molar-refractivity contribution in [2.24, 2.45) is 7.05 Å². The molecule has 3 nitrogen and oxygen atoms in total. The van der Waals surface area contributed by atoms with Gasteiger partial charge in [0.25, 0.3) is 0 Å². The first-order chi connectivity index (χ1) is 5.04. The minimum absolute atomic E-state index is 0.0627. The van der Waals surface area contributed by atoms with E-state index in [0.717, 1.165) is 0 Å². The average Bonchev–Trinajstić information content (AvgIpc) is 2.17. The number of carbonyl (C=O) groups excluding carboxylic acids is 1. The fraction of sp³-hybridized carbons (Fsp3) is 0.429. The zero-order valence-corrected chi connectivity index (χ0v) is 6.88. The second-order valence-electron chi connectivity index (χ2n) is 2.52. The Hall–Kier alpha value is -1.06. The Morgan fingerprint density at radius 2 is 2.18 bits per heavy atom. The van der Waals surface area contributed by atoms with Crippen LogP contribution in [0.25, 0.3) is 0 Å². The Morgan fingerprint density at radius 3 is 2.36 bits per heavy atom. The molecule has 0 bridgehead atoms. The molecule has 0 saturated carbocycles. The van der Waals surface area contributed by atoms with Crippen LogP contribution >= 0.6 is 0 Å². The Morgan fingerprint density at radius 1 is 1.64 bits per heavy atom. The topological polar surface area (TPSA) is 34.9 Å². The molecule has 11 heavy (non-hydrogen) atoms. The number of ketones is 1. The van der Waals surface area contributed by atoms with Gasteiger partial charge in [-0.1, -0.05) is 0 Å². The highest BCUT2D eigenvalue weighted by Crippen LogP contribution is 1.96. The summed E-state index contributed by atoms with van der Waals surface area (Å²) in [6.07, 6.45) is 0. The maximum absolute atomic E-state index is 10.9. The van der Waals surface area contributed by atoms with Crippen LogP contribution in [0.5, 0.6) is 0 Å². The maximum Gasteiger partial charge on any atom is 0.195 e. The fourth-order valence-corrected chi connectivity index (χ4v) is 0.963. The van der Waals surface area contributed by atoms with E-state index in [-0.39, 0.29) is 5.78 Å². The second-order valence-corrected chi connectivity index (χ2v) is 2.52. The molecule has 2 radical (unpaired) electrons. The molecule has 1 heterocycles. The van der Waals surface area contributed by atoms with Gasteiger partial charge in [0.2, 0.25) is 0 Å². The SMILES string of the molecule is [B]c1c(C)nc(C(C)=O)n1C. The molecule has 0 aliphatic rings. The van der Waals surface area contributed by atoms with E-state index in [9.17, 15) is 4.79 Å². The van der Waals surface area contributed by atoms with E-state index in [2.05, 4.69) is 4.98 Å². The van der Waals surface area contributed by atoms with Crippen LogP contribution in [-0.4, -0.2) is 23.2 Å². The highest BCUT2D eigenvalue weighted by molar-refractivity contribution is 6.32. The van der Waals surface area contributed by atoms with Crippen LogP contribution in [0, 0.1) is 6.92 Å². The van der Waals surface area contributed by atoms with E-state index >= 15 is 0 Å². The number of hydrogen-bond donors (Lipinski definition) is 0. The average molecular weight is 148 g/mol. The van der Waals surface area contributed by atoms with Gasteiger partial charge in [0.05, 0.1) is 0 Å². The summed E-state index contributed by atoms with van der Waals surface area (Å²) in [6.45, 7) is 3.25. The summed E-state index contributed by atoms with van der Waals surface area (Å²) in [5.74, 6) is 0.354. The zero-order chi connectivity index (χ0) is 8.59. The molecular formula is C7H9BN2O. The quantitative estimate of drug-likeness (QED) is 0.405. The van der Waals surface area contributed by atoms with Crippen LogP contribution in [0.2, 0.25) is 0 Å². The van der Waals surface area contributed by atoms with Crippen LogP contribution in [0.3, 0.4) is 0 Å². The summed E-state index contributed by atoms with van der Waals surface area (Å²) >= 11 is 0. The van der Waals surface area contributed by atoms with Gasteiger partial charge in [0.1, 0.15) is 7.85 Å². The number of aryl methyl sites for hydroxylation is 1. The van der Waals surface area contributed by atoms with Crippen LogP contribution in [-0.2, 0) is 7.05 Å². The third kappa shape index (κ3) is 1.20. The molecule has 1 rings (SSSR count). The molecular weight excluding hydrogens is 139 g/mol. The number of rotatable bonds is 1. The van der Waals surface area contributed by atoms with Gasteiger partial charge in [-0.3, -0.25) is 4.79 Å². The molecule has 0 N–H and O–H groups in total. The predicted molar refractivity (Wildman–Crippen MR) is 43.3 cm³/mol. The fourth-order valence-electron chi connectivity index (χ4n) is 0.963. The van der Waals surface area contributed by atoms with Crippen LogP contribution < -0.4 is 5.59 Å². The van der Waals surface area contributed by atoms with Crippen molar-refractivity contribution in [3.63, 3.8) is 0 Å². The van der Waals surface area contributed by atoms with Gasteiger partial charge in [-0.2, -0.15) is 0 Å². The first-order valence-electron chi connectivity index (χ1n) is 3.33. The molecule has 0 atom stereocenters. The van der Waals surface area contributed by atoms with Gasteiger partial charge in [-0.05, 0) is 12.5 Å². The lowest BCUT2D eigenvalue weighted by atomic mass is 10.0. The van der Waals surface area contributed by atoms with Crippen LogP contribution in [0.15, 0.2) is 0 Å². The lowest BCUT2D eigenvalue weighted by Gasteiger charge is -1.97. The number of imidazole rings is 1. The van der Waals surface area contributed by atoms with Crippen molar-refractivity contribution >= 4 is 19.2 Å². The largest absolute Gasteiger partial charge is 0.339 e. The van der Waals surface area contributed by atoms with Crippen molar-refractivity contribution in [2.45, 2.75) is 13.8 Å². The summed E-state index contributed by atoms with van der Waals surface area (Å²) < 4.78 is 1.59. The Kier molecular flexibility index (Phi) is 1.85. The van der Waals surface area contributed by atoms with Gasteiger partial charge < -0.3 is 4.57 Å². The molecule has 0 unspecified atom stereocenters. The highest BCUT2D eigenvalue weighted by Gasteiger charge is 2.09. The van der Waals surface area contributed by atoms with Gasteiger partial charge in [-0.15, -0.1) is 0 Å². The molecule has 1 aromatic heterocycles. The number of hydrogen-bond acceptors (Lipinski definition) is 2. The Bertz CT molecular complexity index is 304. The van der Waals surface area contributed by atoms with E-state index < -0.39 is 0 Å². The summed E-state index contributed by atoms with van der Waals surface area (Å²) in [5, 5.41) is 0. The highest BCUT2D eigenvalue weighted by atomic mass is 16.1. The molecule has 0 spiro atoms. The van der Waals surface area contributed by atoms with Gasteiger partial charge in [-0.25, -0.2) is 4.98 Å². The summed E-state index contributed by atoms with van der Waals surface area (Å²) in [4.78, 5) is 14.9. The summed E-state index contributed by atoms with van der Waals surface area (Å²) in [7, 11) is 7.32. The third-order valence-corrected chi connectivity index (χ3v) is 1.64. The van der Waals surface area contributed by atoms with Gasteiger partial charge in [0.15, 0.2) is 11.6 Å². The molecule has 0 saturated heterocycles. The molecule has 1 aromatic rings. The van der Waals surface area contributed by atoms with E-state index in [1.165, 1.54) is 6.92 Å². The van der Waals surface area contributed by atoms with Crippen molar-refractivity contribution in [2.75, 3.05) is 0 Å². The Labute approximate surface area is 66.8 Å². The van der Waals surface area contributed by atoms with Gasteiger partial charge >= 0.3 is 0 Å². The van der Waals surface area contributed by atoms with Crippen molar-refractivity contribution < 1.29 is 4.79 Å². The molecule has 0 aliphatic carbocycles. The Balaban J connectivity index is 3.29. The lowest BCUT2D eigenvalue weighted by molar-refractivity contribution is 0.100. The van der Waals surface area contributed by atoms with Gasteiger partial charge in [0, 0.05) is 19.7 Å². The predicted octanol–water partition coefficient (Wildman–Crippen LogP) is -0.275. The smallest absolute Gasteiger partial charge is 0.195 e. The molecule has 0 aliphatic heterocycles. The number of carbonyl (C=O) groups is 1. The number of aromatic nitrogens is 2. The lowest BCUT2D eigenvalue weighted by Crippen LogP contribution is -2.18. The van der Waals surface area contributed by atoms with Crippen LogP contribution in [0.4, 0.5) is 0 Å². The number of Topliss-reactive ketones (excluding diaryl/α,β-unsaturated/α-hetero) is 1. The second kappa shape index (κ2) is 2.53. The summed E-state index contributed by atoms with van der Waals surface area (Å²) in [5.41, 5.74) is 1.26. The summed E-state index contributed by atoms with van der Waals surface area (Å²) in [6, 6.07) is 0. The normalized spacial score (nSPS) is 10.1. The maximum atomic E-state index is 10.9. The zero-order valence-electron chi connectivity index (χ0n) is 6.88. The van der Waals surface area contributed by atoms with E-state index in [1.807, 2.05) is 0 Å². The molecule has 4 heteroatoms. The molecule has 0 fully saturated rings. The minimum atomic E-state index is -0.0627. The first-order valence-corrected chi connectivity index (χ1v) is 3.33. The van der Waals surface area contributed by atoms with Crippen molar-refractivity contribution in [1.82, 2.24) is 9.55 Å². The minimum Gasteiger partial charge on any atom is -0.339 e. The van der Waals surface area contributed by atoms with Crippen molar-refractivity contribution in [3.8, 4) is 0 Å². The number of nitrogens with zero attached hydrogens (tertiary/aromatic N) is 2. The van der Waals surface area contributed by atoms with Crippen LogP contribution in [0.1, 0.15) is 23.2 Å².